The number of rotatable bonds is 3. The molecule has 3 saturated heterocycles. The second-order valence-electron chi connectivity index (χ2n) is 13.0. The van der Waals surface area contributed by atoms with Crippen molar-refractivity contribution in [2.45, 2.75) is 126 Å². The minimum absolute atomic E-state index is 0.0747. The van der Waals surface area contributed by atoms with E-state index in [4.69, 9.17) is 29.4 Å². The SMILES string of the molecule is CC1OC(=O)/C=C/[C@H]2OC2CC(O)CC2(O)C[C@H](O)C(C(=O)O)[C@H](CC(OC3O[C@H](C)C(O)[C@H](N)[C@@H]3O)/C=C/C=C/C=C/C=C/[C@@H]1C)O2. The molecule has 8 unspecified atom stereocenters. The number of epoxide rings is 1. The molecule has 14 nitrogen and oxygen atoms in total. The molecule has 4 rings (SSSR count). The number of hydrogen-bond donors (Lipinski definition) is 7. The number of aliphatic hydroxyl groups excluding tert-OH is 4. The predicted molar refractivity (Wildman–Crippen MR) is 170 cm³/mol. The molecule has 4 aliphatic heterocycles. The topological polar surface area (TPSA) is 231 Å². The molecule has 15 atom stereocenters. The van der Waals surface area contributed by atoms with Crippen LogP contribution in [0.25, 0.3) is 0 Å². The first-order chi connectivity index (χ1) is 22.7. The number of carboxylic acids is 1. The van der Waals surface area contributed by atoms with Crippen LogP contribution in [0.15, 0.2) is 60.8 Å². The maximum absolute atomic E-state index is 12.3. The van der Waals surface area contributed by atoms with E-state index in [9.17, 15) is 40.2 Å². The molecule has 0 aromatic carbocycles. The Kier molecular flexibility index (Phi) is 13.3. The highest BCUT2D eigenvalue weighted by Crippen LogP contribution is 2.39. The van der Waals surface area contributed by atoms with Crippen molar-refractivity contribution in [2.75, 3.05) is 0 Å². The van der Waals surface area contributed by atoms with Gasteiger partial charge in [-0.05, 0) is 19.9 Å². The zero-order chi connectivity index (χ0) is 35.2. The Hall–Kier alpha value is -2.76. The third-order valence-corrected chi connectivity index (χ3v) is 9.11. The molecular formula is C34H49NO13. The van der Waals surface area contributed by atoms with Crippen molar-refractivity contribution in [3.63, 3.8) is 0 Å². The van der Waals surface area contributed by atoms with Crippen LogP contribution in [0.5, 0.6) is 0 Å². The van der Waals surface area contributed by atoms with E-state index in [0.29, 0.717) is 0 Å². The van der Waals surface area contributed by atoms with Gasteiger partial charge in [0.2, 0.25) is 0 Å². The fourth-order valence-corrected chi connectivity index (χ4v) is 6.10. The fourth-order valence-electron chi connectivity index (χ4n) is 6.10. The van der Waals surface area contributed by atoms with Crippen LogP contribution < -0.4 is 5.73 Å². The predicted octanol–water partition coefficient (Wildman–Crippen LogP) is 0.366. The van der Waals surface area contributed by atoms with E-state index >= 15 is 0 Å². The Morgan fingerprint density at radius 1 is 0.875 bits per heavy atom. The molecule has 14 heteroatoms. The number of cyclic esters (lactones) is 1. The second kappa shape index (κ2) is 16.8. The number of aliphatic hydroxyl groups is 5. The standard InChI is InChI=1S/C34H49NO13/c1-18-10-8-6-4-5-7-9-11-22(46-33-31(40)29(35)30(39)20(3)45-33)15-26-28(32(41)42)23(37)17-34(43,48-26)16-21(36)14-25-24(47-25)12-13-27(38)44-19(18)2/h4-13,18-26,28-31,33,36-37,39-40,43H,14-17,35H2,1-3H3,(H,41,42)/b6-4+,7-5+,10-8+,11-9+,13-12+/t18-,19?,20+,21?,22?,23-,24+,25?,26-,28?,29-,30?,31-,33?,34?/m0/s1. The number of esters is 1. The molecule has 48 heavy (non-hydrogen) atoms. The summed E-state index contributed by atoms with van der Waals surface area (Å²) in [5.74, 6) is -5.53. The number of carbonyl (C=O) groups is 2. The van der Waals surface area contributed by atoms with Crippen molar-refractivity contribution in [2.24, 2.45) is 17.6 Å². The molecule has 3 fully saturated rings. The van der Waals surface area contributed by atoms with E-state index in [2.05, 4.69) is 0 Å². The molecule has 0 amide bonds. The molecule has 4 heterocycles. The van der Waals surface area contributed by atoms with E-state index in [0.717, 1.165) is 0 Å². The zero-order valence-corrected chi connectivity index (χ0v) is 27.3. The van der Waals surface area contributed by atoms with Gasteiger partial charge in [-0.15, -0.1) is 0 Å². The van der Waals surface area contributed by atoms with Gasteiger partial charge in [0.05, 0.1) is 48.8 Å². The number of aliphatic carboxylic acids is 1. The lowest BCUT2D eigenvalue weighted by Gasteiger charge is -2.45. The summed E-state index contributed by atoms with van der Waals surface area (Å²) in [5.41, 5.74) is 5.98. The molecule has 2 bridgehead atoms. The van der Waals surface area contributed by atoms with Crippen molar-refractivity contribution >= 4 is 11.9 Å². The maximum atomic E-state index is 12.3. The van der Waals surface area contributed by atoms with Gasteiger partial charge < -0.3 is 60.1 Å². The molecule has 0 aromatic heterocycles. The van der Waals surface area contributed by atoms with Crippen LogP contribution in [0.1, 0.15) is 46.5 Å². The molecule has 4 aliphatic rings. The third kappa shape index (κ3) is 10.4. The van der Waals surface area contributed by atoms with Gasteiger partial charge in [0, 0.05) is 37.7 Å². The smallest absolute Gasteiger partial charge is 0.330 e. The Morgan fingerprint density at radius 3 is 2.23 bits per heavy atom. The Labute approximate surface area is 279 Å². The van der Waals surface area contributed by atoms with Gasteiger partial charge >= 0.3 is 11.9 Å². The van der Waals surface area contributed by atoms with Crippen LogP contribution in [-0.2, 0) is 33.3 Å². The van der Waals surface area contributed by atoms with Crippen LogP contribution in [0.4, 0.5) is 0 Å². The van der Waals surface area contributed by atoms with Gasteiger partial charge in [-0.1, -0.05) is 55.5 Å². The highest BCUT2D eigenvalue weighted by Gasteiger charge is 2.51. The van der Waals surface area contributed by atoms with E-state index in [-0.39, 0.29) is 25.2 Å². The monoisotopic (exact) mass is 679 g/mol. The minimum atomic E-state index is -2.10. The molecule has 0 aromatic rings. The molecule has 0 spiro atoms. The van der Waals surface area contributed by atoms with Crippen molar-refractivity contribution < 1.29 is 63.9 Å². The number of carboxylic acid groups (broad SMARTS) is 1. The highest BCUT2D eigenvalue weighted by atomic mass is 16.7. The van der Waals surface area contributed by atoms with Crippen LogP contribution in [0.3, 0.4) is 0 Å². The van der Waals surface area contributed by atoms with Crippen LogP contribution in [0, 0.1) is 11.8 Å². The molecule has 0 saturated carbocycles. The zero-order valence-electron chi connectivity index (χ0n) is 27.3. The van der Waals surface area contributed by atoms with Gasteiger partial charge in [0.1, 0.15) is 24.2 Å². The minimum Gasteiger partial charge on any atom is -0.481 e. The van der Waals surface area contributed by atoms with Crippen molar-refractivity contribution in [1.29, 1.82) is 0 Å². The first-order valence-corrected chi connectivity index (χ1v) is 16.3. The summed E-state index contributed by atoms with van der Waals surface area (Å²) in [6, 6.07) is -1.08. The van der Waals surface area contributed by atoms with Gasteiger partial charge in [-0.3, -0.25) is 4.79 Å². The first-order valence-electron chi connectivity index (χ1n) is 16.3. The summed E-state index contributed by atoms with van der Waals surface area (Å²) in [6.45, 7) is 5.27. The van der Waals surface area contributed by atoms with E-state index in [1.807, 2.05) is 19.1 Å². The molecule has 0 aliphatic carbocycles. The van der Waals surface area contributed by atoms with Crippen molar-refractivity contribution in [1.82, 2.24) is 0 Å². The average molecular weight is 680 g/mol. The largest absolute Gasteiger partial charge is 0.481 e. The average Bonchev–Trinajstić information content (AvgIpc) is 3.74. The van der Waals surface area contributed by atoms with Crippen LogP contribution in [0.2, 0.25) is 0 Å². The summed E-state index contributed by atoms with van der Waals surface area (Å²) < 4.78 is 28.7. The van der Waals surface area contributed by atoms with Gasteiger partial charge in [0.15, 0.2) is 12.1 Å². The lowest BCUT2D eigenvalue weighted by molar-refractivity contribution is -0.308. The maximum Gasteiger partial charge on any atom is 0.330 e. The Bertz CT molecular complexity index is 1250. The molecule has 8 N–H and O–H groups in total. The van der Waals surface area contributed by atoms with Crippen LogP contribution in [-0.4, -0.2) is 122 Å². The van der Waals surface area contributed by atoms with Crippen molar-refractivity contribution in [3.8, 4) is 0 Å². The van der Waals surface area contributed by atoms with Gasteiger partial charge in [0.25, 0.3) is 0 Å². The van der Waals surface area contributed by atoms with Gasteiger partial charge in [-0.25, -0.2) is 4.79 Å². The van der Waals surface area contributed by atoms with Crippen molar-refractivity contribution in [3.05, 3.63) is 60.8 Å². The summed E-state index contributed by atoms with van der Waals surface area (Å²) in [4.78, 5) is 24.6. The van der Waals surface area contributed by atoms with E-state index in [1.165, 1.54) is 6.08 Å². The number of allylic oxidation sites excluding steroid dienone is 6. The number of fused-ring (bicyclic) bond motifs is 3. The number of hydrogen-bond acceptors (Lipinski definition) is 13. The summed E-state index contributed by atoms with van der Waals surface area (Å²) in [5, 5.41) is 64.1. The fraction of sp³-hybridized carbons (Fsp3) is 0.647. The lowest BCUT2D eigenvalue weighted by atomic mass is 9.83. The number of carbonyl (C=O) groups excluding carboxylic acids is 1. The summed E-state index contributed by atoms with van der Waals surface area (Å²) >= 11 is 0. The Balaban J connectivity index is 1.60. The second-order valence-corrected chi connectivity index (χ2v) is 13.0. The Morgan fingerprint density at radius 2 is 1.54 bits per heavy atom. The van der Waals surface area contributed by atoms with Crippen LogP contribution >= 0.6 is 0 Å². The lowest BCUT2D eigenvalue weighted by Crippen LogP contribution is -2.61. The molecule has 0 radical (unpaired) electrons. The van der Waals surface area contributed by atoms with Gasteiger partial charge in [-0.2, -0.15) is 0 Å². The number of ether oxygens (including phenoxy) is 5. The molecular weight excluding hydrogens is 630 g/mol. The highest BCUT2D eigenvalue weighted by molar-refractivity contribution is 5.82. The third-order valence-electron chi connectivity index (χ3n) is 9.11. The number of nitrogens with two attached hydrogens (primary N) is 1. The quantitative estimate of drug-likeness (QED) is 0.158. The van der Waals surface area contributed by atoms with E-state index < -0.39 is 103 Å². The van der Waals surface area contributed by atoms with E-state index in [1.54, 1.807) is 56.4 Å². The first kappa shape index (κ1) is 38.0. The molecule has 268 valence electrons. The normalized spacial score (nSPS) is 48.1. The summed E-state index contributed by atoms with van der Waals surface area (Å²) in [6.07, 6.45) is 4.79. The summed E-state index contributed by atoms with van der Waals surface area (Å²) in [7, 11) is 0.